The zero-order valence-electron chi connectivity index (χ0n) is 26.6. The van der Waals surface area contributed by atoms with Crippen LogP contribution in [0.25, 0.3) is 11.6 Å². The summed E-state index contributed by atoms with van der Waals surface area (Å²) >= 11 is 0. The van der Waals surface area contributed by atoms with Gasteiger partial charge in [0.25, 0.3) is 17.7 Å². The minimum Gasteiger partial charge on any atom is -0.469 e. The van der Waals surface area contributed by atoms with Crippen LogP contribution in [0.15, 0.2) is 48.5 Å². The van der Waals surface area contributed by atoms with Crippen molar-refractivity contribution in [1.82, 2.24) is 15.6 Å². The lowest BCUT2D eigenvalue weighted by Crippen LogP contribution is -2.43. The van der Waals surface area contributed by atoms with E-state index < -0.39 is 47.7 Å². The van der Waals surface area contributed by atoms with Crippen LogP contribution in [0.5, 0.6) is 0 Å². The average molecular weight is 645 g/mol. The minimum atomic E-state index is -1.10. The molecule has 0 unspecified atom stereocenters. The Labute approximate surface area is 271 Å². The minimum absolute atomic E-state index is 0.0325. The van der Waals surface area contributed by atoms with Gasteiger partial charge in [0.1, 0.15) is 12.1 Å². The summed E-state index contributed by atoms with van der Waals surface area (Å²) in [5, 5.41) is 8.12. The zero-order valence-corrected chi connectivity index (χ0v) is 26.6. The average Bonchev–Trinajstić information content (AvgIpc) is 3.54. The number of aromatic nitrogens is 1. The molecule has 2 aromatic carbocycles. The molecule has 0 bridgehead atoms. The smallest absolute Gasteiger partial charge is 0.328 e. The normalized spacial score (nSPS) is 14.0. The Balaban J connectivity index is 1.58. The lowest BCUT2D eigenvalue weighted by molar-refractivity contribution is -0.145. The lowest BCUT2D eigenvalue weighted by Gasteiger charge is -2.17. The maximum atomic E-state index is 13.5. The Morgan fingerprint density at radius 1 is 0.851 bits per heavy atom. The van der Waals surface area contributed by atoms with Gasteiger partial charge in [-0.1, -0.05) is 30.3 Å². The molecule has 2 heterocycles. The number of aryl methyl sites for hydroxylation is 1. The van der Waals surface area contributed by atoms with Gasteiger partial charge >= 0.3 is 17.9 Å². The molecule has 0 aliphatic carbocycles. The topological polar surface area (TPSA) is 182 Å². The monoisotopic (exact) mass is 644 g/mol. The van der Waals surface area contributed by atoms with Crippen LogP contribution in [0.1, 0.15) is 61.6 Å². The number of H-pyrrole nitrogens is 1. The standard InChI is InChI=1S/C34H36N4O9/c1-18-26(35-19(2)29(18)32(42)38-27(34(44)47-5)15-20-9-7-6-8-10-20)17-23-22-16-21(11-12-24(22)36-31(23)41)30(40)37-25(33(43)46-4)13-14-28(39)45-3/h6-12,16-17,25,27,35H,13-15H2,1-5H3,(H,36,41)(H,37,40)(H,38,42)/b23-17-/t25-,27+/m1/s1. The molecule has 4 N–H and O–H groups in total. The number of methoxy groups -OCH3 is 3. The van der Waals surface area contributed by atoms with Crippen LogP contribution >= 0.6 is 0 Å². The van der Waals surface area contributed by atoms with E-state index >= 15 is 0 Å². The lowest BCUT2D eigenvalue weighted by atomic mass is 10.0. The Bertz CT molecular complexity index is 1740. The maximum absolute atomic E-state index is 13.5. The number of hydrogen-bond acceptors (Lipinski definition) is 9. The molecule has 1 aromatic heterocycles. The Morgan fingerprint density at radius 2 is 1.51 bits per heavy atom. The summed E-state index contributed by atoms with van der Waals surface area (Å²) in [5.74, 6) is -3.39. The predicted octanol–water partition coefficient (Wildman–Crippen LogP) is 2.86. The first-order valence-corrected chi connectivity index (χ1v) is 14.7. The molecule has 3 amide bonds. The Morgan fingerprint density at radius 3 is 2.17 bits per heavy atom. The fraction of sp³-hybridized carbons (Fsp3) is 0.294. The van der Waals surface area contributed by atoms with Gasteiger partial charge in [-0.3, -0.25) is 19.2 Å². The number of benzene rings is 2. The van der Waals surface area contributed by atoms with E-state index in [1.165, 1.54) is 33.5 Å². The van der Waals surface area contributed by atoms with Crippen molar-refractivity contribution in [3.63, 3.8) is 0 Å². The van der Waals surface area contributed by atoms with Gasteiger partial charge in [0.2, 0.25) is 0 Å². The van der Waals surface area contributed by atoms with Crippen LogP contribution in [0.4, 0.5) is 5.69 Å². The van der Waals surface area contributed by atoms with E-state index in [1.54, 1.807) is 26.0 Å². The summed E-state index contributed by atoms with van der Waals surface area (Å²) in [4.78, 5) is 79.2. The summed E-state index contributed by atoms with van der Waals surface area (Å²) in [6.07, 6.45) is 1.67. The number of carbonyl (C=O) groups is 6. The van der Waals surface area contributed by atoms with Crippen LogP contribution < -0.4 is 16.0 Å². The molecule has 0 fully saturated rings. The molecule has 47 heavy (non-hydrogen) atoms. The second-order valence-corrected chi connectivity index (χ2v) is 10.8. The Kier molecular flexibility index (Phi) is 10.9. The molecule has 3 aromatic rings. The number of ether oxygens (including phenoxy) is 3. The Hall–Kier alpha value is -5.72. The number of aromatic amines is 1. The van der Waals surface area contributed by atoms with Gasteiger partial charge in [-0.2, -0.15) is 0 Å². The van der Waals surface area contributed by atoms with Gasteiger partial charge in [0, 0.05) is 41.0 Å². The molecule has 246 valence electrons. The highest BCUT2D eigenvalue weighted by Crippen LogP contribution is 2.35. The number of carbonyl (C=O) groups excluding carboxylic acids is 6. The van der Waals surface area contributed by atoms with Gasteiger partial charge in [-0.05, 0) is 55.7 Å². The van der Waals surface area contributed by atoms with Crippen LogP contribution in [0.3, 0.4) is 0 Å². The highest BCUT2D eigenvalue weighted by molar-refractivity contribution is 6.35. The SMILES string of the molecule is COC(=O)CC[C@@H](NC(=O)c1ccc2c(c1)/C(=C/c1[nH]c(C)c(C(=O)N[C@@H](Cc3ccccc3)C(=O)OC)c1C)C(=O)N2)C(=O)OC. The highest BCUT2D eigenvalue weighted by atomic mass is 16.5. The molecular weight excluding hydrogens is 608 g/mol. The van der Waals surface area contributed by atoms with Crippen LogP contribution in [0.2, 0.25) is 0 Å². The summed E-state index contributed by atoms with van der Waals surface area (Å²) in [7, 11) is 3.65. The number of fused-ring (bicyclic) bond motifs is 1. The molecule has 4 rings (SSSR count). The third-order valence-corrected chi connectivity index (χ3v) is 7.79. The first-order valence-electron chi connectivity index (χ1n) is 14.7. The predicted molar refractivity (Wildman–Crippen MR) is 171 cm³/mol. The van der Waals surface area contributed by atoms with Crippen molar-refractivity contribution >= 4 is 53.0 Å². The van der Waals surface area contributed by atoms with Crippen molar-refractivity contribution in [1.29, 1.82) is 0 Å². The third-order valence-electron chi connectivity index (χ3n) is 7.79. The van der Waals surface area contributed by atoms with E-state index in [0.717, 1.165) is 5.56 Å². The van der Waals surface area contributed by atoms with Crippen molar-refractivity contribution in [2.24, 2.45) is 0 Å². The first kappa shape index (κ1) is 34.2. The molecule has 2 atom stereocenters. The fourth-order valence-electron chi connectivity index (χ4n) is 5.29. The third kappa shape index (κ3) is 7.93. The molecular formula is C34H36N4O9. The molecule has 13 nitrogen and oxygen atoms in total. The molecule has 0 saturated carbocycles. The van der Waals surface area contributed by atoms with E-state index in [9.17, 15) is 28.8 Å². The number of amides is 3. The van der Waals surface area contributed by atoms with Crippen molar-refractivity contribution in [2.75, 3.05) is 26.6 Å². The summed E-state index contributed by atoms with van der Waals surface area (Å²) in [6, 6.07) is 11.8. The first-order chi connectivity index (χ1) is 22.5. The van der Waals surface area contributed by atoms with E-state index in [1.807, 2.05) is 30.3 Å². The highest BCUT2D eigenvalue weighted by Gasteiger charge is 2.29. The van der Waals surface area contributed by atoms with Crippen molar-refractivity contribution in [2.45, 2.75) is 45.2 Å². The van der Waals surface area contributed by atoms with Crippen LogP contribution in [-0.4, -0.2) is 74.0 Å². The summed E-state index contributed by atoms with van der Waals surface area (Å²) < 4.78 is 14.3. The summed E-state index contributed by atoms with van der Waals surface area (Å²) in [6.45, 7) is 3.42. The van der Waals surface area contributed by atoms with Crippen LogP contribution in [-0.2, 0) is 39.8 Å². The molecule has 0 saturated heterocycles. The number of rotatable bonds is 12. The molecule has 0 radical (unpaired) electrons. The quantitative estimate of drug-likeness (QED) is 0.131. The van der Waals surface area contributed by atoms with Crippen molar-refractivity contribution in [3.05, 3.63) is 87.7 Å². The van der Waals surface area contributed by atoms with Gasteiger partial charge in [0.05, 0.1) is 32.5 Å². The van der Waals surface area contributed by atoms with Crippen LogP contribution in [0, 0.1) is 13.8 Å². The molecule has 1 aliphatic heterocycles. The van der Waals surface area contributed by atoms with Crippen molar-refractivity contribution < 1.29 is 43.0 Å². The van der Waals surface area contributed by atoms with E-state index in [0.29, 0.717) is 33.8 Å². The zero-order chi connectivity index (χ0) is 34.2. The van der Waals surface area contributed by atoms with Crippen molar-refractivity contribution in [3.8, 4) is 0 Å². The summed E-state index contributed by atoms with van der Waals surface area (Å²) in [5.41, 5.74) is 3.98. The van der Waals surface area contributed by atoms with Gasteiger partial charge in [-0.15, -0.1) is 0 Å². The van der Waals surface area contributed by atoms with E-state index in [4.69, 9.17) is 9.47 Å². The van der Waals surface area contributed by atoms with Gasteiger partial charge in [-0.25, -0.2) is 9.59 Å². The second kappa shape index (κ2) is 15.0. The second-order valence-electron chi connectivity index (χ2n) is 10.8. The fourth-order valence-corrected chi connectivity index (χ4v) is 5.29. The largest absolute Gasteiger partial charge is 0.469 e. The number of anilines is 1. The van der Waals surface area contributed by atoms with Gasteiger partial charge in [0.15, 0.2) is 0 Å². The van der Waals surface area contributed by atoms with E-state index in [-0.39, 0.29) is 30.4 Å². The van der Waals surface area contributed by atoms with Gasteiger partial charge < -0.3 is 35.1 Å². The maximum Gasteiger partial charge on any atom is 0.328 e. The molecule has 13 heteroatoms. The number of hydrogen-bond donors (Lipinski definition) is 4. The molecule has 1 aliphatic rings. The van der Waals surface area contributed by atoms with E-state index in [2.05, 4.69) is 25.7 Å². The number of nitrogens with one attached hydrogen (secondary N) is 4. The molecule has 0 spiro atoms. The number of esters is 3.